The highest BCUT2D eigenvalue weighted by Gasteiger charge is 2.24. The highest BCUT2D eigenvalue weighted by atomic mass is 35.5. The molecule has 4 nitrogen and oxygen atoms in total. The minimum Gasteiger partial charge on any atom is -0.370 e. The summed E-state index contributed by atoms with van der Waals surface area (Å²) in [5.74, 6) is -1.06. The Morgan fingerprint density at radius 2 is 1.38 bits per heavy atom. The first-order valence-electron chi connectivity index (χ1n) is 9.22. The molecule has 0 aliphatic heterocycles. The average molecular weight is 404 g/mol. The summed E-state index contributed by atoms with van der Waals surface area (Å²) in [7, 11) is 0. The number of halogens is 1. The molecule has 1 atom stereocenters. The van der Waals surface area contributed by atoms with E-state index in [4.69, 9.17) is 11.1 Å². The van der Waals surface area contributed by atoms with E-state index < -0.39 is 5.92 Å². The molecule has 5 heteroatoms. The van der Waals surface area contributed by atoms with Crippen LogP contribution in [0, 0.1) is 5.41 Å². The van der Waals surface area contributed by atoms with Crippen LogP contribution in [0.3, 0.4) is 0 Å². The molecule has 146 valence electrons. The number of guanidine groups is 1. The number of hydrogen-bond donors (Lipinski definition) is 3. The molecule has 0 saturated heterocycles. The fourth-order valence-corrected chi connectivity index (χ4v) is 3.81. The van der Waals surface area contributed by atoms with Gasteiger partial charge in [0, 0.05) is 0 Å². The lowest BCUT2D eigenvalue weighted by atomic mass is 9.86. The van der Waals surface area contributed by atoms with E-state index in [1.165, 1.54) is 0 Å². The van der Waals surface area contributed by atoms with Gasteiger partial charge >= 0.3 is 0 Å². The molecule has 0 saturated carbocycles. The number of fused-ring (bicyclic) bond motifs is 2. The Morgan fingerprint density at radius 1 is 0.828 bits per heavy atom. The van der Waals surface area contributed by atoms with Crippen LogP contribution in [-0.4, -0.2) is 11.9 Å². The molecule has 4 aromatic rings. The van der Waals surface area contributed by atoms with Gasteiger partial charge in [-0.05, 0) is 39.1 Å². The number of carbonyl (C=O) groups is 1. The molecule has 0 spiro atoms. The maximum absolute atomic E-state index is 13.0. The fourth-order valence-electron chi connectivity index (χ4n) is 3.81. The number of hydrogen-bond acceptors (Lipinski definition) is 2. The van der Waals surface area contributed by atoms with Crippen molar-refractivity contribution >= 4 is 45.8 Å². The second-order valence-corrected chi connectivity index (χ2v) is 6.87. The summed E-state index contributed by atoms with van der Waals surface area (Å²) in [6.45, 7) is 0. The van der Waals surface area contributed by atoms with E-state index in [1.54, 1.807) is 0 Å². The van der Waals surface area contributed by atoms with E-state index in [2.05, 4.69) is 29.6 Å². The Labute approximate surface area is 175 Å². The van der Waals surface area contributed by atoms with E-state index in [1.807, 2.05) is 60.7 Å². The Balaban J connectivity index is 0.00000240. The fraction of sp³-hybridized carbons (Fsp3) is 0.0833. The number of nitrogens with one attached hydrogen (secondary N) is 2. The van der Waals surface area contributed by atoms with Crippen molar-refractivity contribution in [2.45, 2.75) is 12.3 Å². The SMILES string of the molecule is Cl.N=C(N)NC(=O)[C@@H](Cc1cccc2ccccc12)c1cccc2ccccc12. The van der Waals surface area contributed by atoms with Crippen molar-refractivity contribution in [3.05, 3.63) is 96.1 Å². The summed E-state index contributed by atoms with van der Waals surface area (Å²) in [6.07, 6.45) is 0.522. The largest absolute Gasteiger partial charge is 0.370 e. The van der Waals surface area contributed by atoms with Gasteiger partial charge in [0.15, 0.2) is 5.96 Å². The molecule has 0 aliphatic carbocycles. The van der Waals surface area contributed by atoms with Gasteiger partial charge in [0.05, 0.1) is 5.92 Å². The highest BCUT2D eigenvalue weighted by molar-refractivity contribution is 6.01. The van der Waals surface area contributed by atoms with Crippen LogP contribution in [0.15, 0.2) is 84.9 Å². The molecule has 0 aliphatic rings. The standard InChI is InChI=1S/C24H21N3O.ClH/c25-24(26)27-23(28)22(21-14-6-10-17-8-2-4-13-20(17)21)15-18-11-5-9-16-7-1-3-12-19(16)18;/h1-14,22H,15H2,(H4,25,26,27,28);1H/t22-;/m0./s1. The minimum absolute atomic E-state index is 0. The summed E-state index contributed by atoms with van der Waals surface area (Å²) in [5, 5.41) is 14.4. The van der Waals surface area contributed by atoms with Gasteiger partial charge in [0.1, 0.15) is 0 Å². The zero-order valence-corrected chi connectivity index (χ0v) is 16.6. The number of carbonyl (C=O) groups excluding carboxylic acids is 1. The third-order valence-corrected chi connectivity index (χ3v) is 5.08. The molecule has 29 heavy (non-hydrogen) atoms. The van der Waals surface area contributed by atoms with Crippen LogP contribution >= 0.6 is 12.4 Å². The Bertz CT molecular complexity index is 1180. The summed E-state index contributed by atoms with van der Waals surface area (Å²) >= 11 is 0. The smallest absolute Gasteiger partial charge is 0.234 e. The van der Waals surface area contributed by atoms with Gasteiger partial charge in [-0.2, -0.15) is 0 Å². The molecule has 4 rings (SSSR count). The van der Waals surface area contributed by atoms with E-state index in [9.17, 15) is 4.79 Å². The van der Waals surface area contributed by atoms with Gasteiger partial charge in [-0.3, -0.25) is 15.5 Å². The Morgan fingerprint density at radius 3 is 2.07 bits per heavy atom. The maximum Gasteiger partial charge on any atom is 0.234 e. The van der Waals surface area contributed by atoms with Crippen LogP contribution in [0.4, 0.5) is 0 Å². The van der Waals surface area contributed by atoms with Crippen molar-refractivity contribution in [1.82, 2.24) is 5.32 Å². The summed E-state index contributed by atoms with van der Waals surface area (Å²) in [6, 6.07) is 28.3. The van der Waals surface area contributed by atoms with E-state index in [0.29, 0.717) is 6.42 Å². The van der Waals surface area contributed by atoms with E-state index in [0.717, 1.165) is 32.7 Å². The van der Waals surface area contributed by atoms with Crippen molar-refractivity contribution in [3.63, 3.8) is 0 Å². The van der Waals surface area contributed by atoms with Crippen LogP contribution < -0.4 is 11.1 Å². The normalized spacial score (nSPS) is 11.6. The second kappa shape index (κ2) is 8.76. The maximum atomic E-state index is 13.0. The van der Waals surface area contributed by atoms with Gasteiger partial charge in [-0.1, -0.05) is 84.9 Å². The minimum atomic E-state index is -0.458. The first-order valence-corrected chi connectivity index (χ1v) is 9.22. The van der Waals surface area contributed by atoms with Crippen molar-refractivity contribution in [1.29, 1.82) is 5.41 Å². The van der Waals surface area contributed by atoms with Crippen LogP contribution in [0.1, 0.15) is 17.0 Å². The molecule has 0 aromatic heterocycles. The van der Waals surface area contributed by atoms with Gasteiger partial charge in [0.25, 0.3) is 0 Å². The van der Waals surface area contributed by atoms with Gasteiger partial charge in [0.2, 0.25) is 5.91 Å². The third kappa shape index (κ3) is 4.23. The molecule has 0 unspecified atom stereocenters. The number of benzene rings is 4. The molecule has 4 N–H and O–H groups in total. The molecule has 0 radical (unpaired) electrons. The van der Waals surface area contributed by atoms with Gasteiger partial charge < -0.3 is 5.73 Å². The second-order valence-electron chi connectivity index (χ2n) is 6.87. The first-order chi connectivity index (χ1) is 13.6. The van der Waals surface area contributed by atoms with Crippen LogP contribution in [0.2, 0.25) is 0 Å². The zero-order chi connectivity index (χ0) is 19.5. The number of amides is 1. The first kappa shape index (κ1) is 20.4. The number of nitrogens with two attached hydrogens (primary N) is 1. The van der Waals surface area contributed by atoms with Crippen LogP contribution in [0.5, 0.6) is 0 Å². The molecule has 4 aromatic carbocycles. The van der Waals surface area contributed by atoms with E-state index in [-0.39, 0.29) is 24.3 Å². The molecular weight excluding hydrogens is 382 g/mol. The summed E-state index contributed by atoms with van der Waals surface area (Å²) in [4.78, 5) is 13.0. The van der Waals surface area contributed by atoms with Crippen molar-refractivity contribution in [3.8, 4) is 0 Å². The van der Waals surface area contributed by atoms with E-state index >= 15 is 0 Å². The summed E-state index contributed by atoms with van der Waals surface area (Å²) in [5.41, 5.74) is 7.48. The Kier molecular flexibility index (Phi) is 6.15. The summed E-state index contributed by atoms with van der Waals surface area (Å²) < 4.78 is 0. The molecule has 0 bridgehead atoms. The van der Waals surface area contributed by atoms with Crippen LogP contribution in [0.25, 0.3) is 21.5 Å². The molecule has 1 amide bonds. The highest BCUT2D eigenvalue weighted by Crippen LogP contribution is 2.31. The topological polar surface area (TPSA) is 79.0 Å². The average Bonchev–Trinajstić information content (AvgIpc) is 2.71. The Hall–Kier alpha value is -3.37. The molecule has 0 heterocycles. The molecule has 0 fully saturated rings. The van der Waals surface area contributed by atoms with Gasteiger partial charge in [-0.25, -0.2) is 0 Å². The van der Waals surface area contributed by atoms with Gasteiger partial charge in [-0.15, -0.1) is 12.4 Å². The lowest BCUT2D eigenvalue weighted by molar-refractivity contribution is -0.121. The van der Waals surface area contributed by atoms with Crippen molar-refractivity contribution in [2.75, 3.05) is 0 Å². The quantitative estimate of drug-likeness (QED) is 0.339. The van der Waals surface area contributed by atoms with Crippen molar-refractivity contribution in [2.24, 2.45) is 5.73 Å². The molecular formula is C24H22ClN3O. The van der Waals surface area contributed by atoms with Crippen LogP contribution in [-0.2, 0) is 11.2 Å². The zero-order valence-electron chi connectivity index (χ0n) is 15.8. The predicted molar refractivity (Wildman–Crippen MR) is 122 cm³/mol. The lowest BCUT2D eigenvalue weighted by Gasteiger charge is -2.20. The van der Waals surface area contributed by atoms with Crippen molar-refractivity contribution < 1.29 is 4.79 Å². The predicted octanol–water partition coefficient (Wildman–Crippen LogP) is 4.75. The number of rotatable bonds is 4. The monoisotopic (exact) mass is 403 g/mol. The lowest BCUT2D eigenvalue weighted by Crippen LogP contribution is -2.39. The third-order valence-electron chi connectivity index (χ3n) is 5.08.